The van der Waals surface area contributed by atoms with Crippen molar-refractivity contribution in [1.82, 2.24) is 15.1 Å². The topological polar surface area (TPSA) is 41.5 Å². The van der Waals surface area contributed by atoms with Gasteiger partial charge in [-0.2, -0.15) is 0 Å². The summed E-state index contributed by atoms with van der Waals surface area (Å²) >= 11 is 3.46. The molecule has 2 fully saturated rings. The summed E-state index contributed by atoms with van der Waals surface area (Å²) in [5, 5.41) is 11.4. The molecule has 2 aliphatic rings. The summed E-state index contributed by atoms with van der Waals surface area (Å²) in [5.74, 6) is 0. The molecule has 4 heterocycles. The van der Waals surface area contributed by atoms with Crippen LogP contribution in [0.1, 0.15) is 17.7 Å². The van der Waals surface area contributed by atoms with E-state index in [4.69, 9.17) is 4.74 Å². The van der Waals surface area contributed by atoms with Crippen molar-refractivity contribution >= 4 is 27.8 Å². The molecule has 5 nitrogen and oxygen atoms in total. The van der Waals surface area contributed by atoms with Crippen LogP contribution >= 0.6 is 22.7 Å². The number of thiophene rings is 1. The van der Waals surface area contributed by atoms with Gasteiger partial charge in [0.25, 0.3) is 0 Å². The quantitative estimate of drug-likeness (QED) is 0.861. The number of hydrogen-bond donors (Lipinski definition) is 0. The third-order valence-electron chi connectivity index (χ3n) is 4.45. The van der Waals surface area contributed by atoms with Crippen molar-refractivity contribution in [1.29, 1.82) is 0 Å². The Kier molecular flexibility index (Phi) is 4.13. The van der Waals surface area contributed by atoms with Crippen LogP contribution in [0.3, 0.4) is 0 Å². The van der Waals surface area contributed by atoms with E-state index in [1.54, 1.807) is 16.8 Å². The van der Waals surface area contributed by atoms with Crippen LogP contribution in [0.25, 0.3) is 0 Å². The third kappa shape index (κ3) is 3.03. The number of anilines is 1. The number of rotatable bonds is 3. The van der Waals surface area contributed by atoms with Crippen molar-refractivity contribution < 1.29 is 4.74 Å². The average Bonchev–Trinajstić information content (AvgIpc) is 3.21. The maximum absolute atomic E-state index is 6.26. The molecule has 2 saturated heterocycles. The molecule has 1 atom stereocenters. The lowest BCUT2D eigenvalue weighted by atomic mass is 9.91. The van der Waals surface area contributed by atoms with Gasteiger partial charge >= 0.3 is 0 Å². The summed E-state index contributed by atoms with van der Waals surface area (Å²) in [6, 6.07) is 4.36. The zero-order valence-corrected chi connectivity index (χ0v) is 14.1. The van der Waals surface area contributed by atoms with E-state index in [1.165, 1.54) is 4.88 Å². The van der Waals surface area contributed by atoms with Gasteiger partial charge in [-0.3, -0.25) is 4.90 Å². The van der Waals surface area contributed by atoms with E-state index in [9.17, 15) is 0 Å². The number of piperidine rings is 1. The molecule has 0 N–H and O–H groups in total. The minimum atomic E-state index is -0.0422. The molecule has 22 heavy (non-hydrogen) atoms. The molecule has 0 bridgehead atoms. The van der Waals surface area contributed by atoms with Crippen molar-refractivity contribution in [2.75, 3.05) is 37.7 Å². The van der Waals surface area contributed by atoms with E-state index in [0.29, 0.717) is 0 Å². The van der Waals surface area contributed by atoms with Gasteiger partial charge in [-0.25, -0.2) is 0 Å². The summed E-state index contributed by atoms with van der Waals surface area (Å²) in [7, 11) is 0. The van der Waals surface area contributed by atoms with Gasteiger partial charge < -0.3 is 9.64 Å². The minimum absolute atomic E-state index is 0.0422. The molecule has 0 aromatic carbocycles. The van der Waals surface area contributed by atoms with Gasteiger partial charge in [-0.05, 0) is 24.3 Å². The molecule has 2 aromatic heterocycles. The van der Waals surface area contributed by atoms with E-state index in [2.05, 4.69) is 37.5 Å². The predicted molar refractivity (Wildman–Crippen MR) is 89.6 cm³/mol. The molecule has 2 aromatic rings. The molecular formula is C15H20N4OS2. The van der Waals surface area contributed by atoms with Crippen LogP contribution in [-0.4, -0.2) is 53.5 Å². The molecular weight excluding hydrogens is 316 g/mol. The molecule has 1 spiro atoms. The third-order valence-corrected chi connectivity index (χ3v) is 6.06. The molecule has 4 rings (SSSR count). The van der Waals surface area contributed by atoms with Crippen LogP contribution in [0.15, 0.2) is 23.0 Å². The standard InChI is InChI=1S/C15H20N4OS2/c1-3-13(21-8-1)9-18-6-7-20-15(10-18)4-2-5-19(11-15)14-17-16-12-22-14/h1,3,8,12H,2,4-7,9-11H2/t15-/m1/s1. The Bertz CT molecular complexity index is 585. The van der Waals surface area contributed by atoms with Crippen molar-refractivity contribution in [3.8, 4) is 0 Å². The second-order valence-electron chi connectivity index (χ2n) is 6.07. The summed E-state index contributed by atoms with van der Waals surface area (Å²) < 4.78 is 6.26. The van der Waals surface area contributed by atoms with Crippen LogP contribution in [-0.2, 0) is 11.3 Å². The van der Waals surface area contributed by atoms with Crippen molar-refractivity contribution in [3.05, 3.63) is 27.9 Å². The average molecular weight is 336 g/mol. The number of nitrogens with zero attached hydrogens (tertiary/aromatic N) is 4. The lowest BCUT2D eigenvalue weighted by molar-refractivity contribution is -0.116. The van der Waals surface area contributed by atoms with Crippen LogP contribution in [0.4, 0.5) is 5.13 Å². The summed E-state index contributed by atoms with van der Waals surface area (Å²) in [5.41, 5.74) is 1.76. The highest BCUT2D eigenvalue weighted by atomic mass is 32.1. The Morgan fingerprint density at radius 3 is 3.09 bits per heavy atom. The SMILES string of the molecule is c1csc(CN2CCO[C@]3(CCCN(c4nncs4)C3)C2)c1. The first-order valence-electron chi connectivity index (χ1n) is 7.73. The Hall–Kier alpha value is -1.02. The zero-order chi connectivity index (χ0) is 14.8. The van der Waals surface area contributed by atoms with Gasteiger partial charge in [-0.1, -0.05) is 17.4 Å². The number of morpholine rings is 1. The lowest BCUT2D eigenvalue weighted by Crippen LogP contribution is -2.59. The van der Waals surface area contributed by atoms with Crippen LogP contribution in [0, 0.1) is 0 Å². The second kappa shape index (κ2) is 6.23. The lowest BCUT2D eigenvalue weighted by Gasteiger charge is -2.48. The van der Waals surface area contributed by atoms with Gasteiger partial charge in [0, 0.05) is 31.1 Å². The first-order valence-corrected chi connectivity index (χ1v) is 9.49. The Labute approximate surface area is 138 Å². The molecule has 7 heteroatoms. The fourth-order valence-corrected chi connectivity index (χ4v) is 4.83. The second-order valence-corrected chi connectivity index (χ2v) is 7.91. The molecule has 118 valence electrons. The zero-order valence-electron chi connectivity index (χ0n) is 12.5. The molecule has 0 radical (unpaired) electrons. The van der Waals surface area contributed by atoms with E-state index in [1.807, 2.05) is 11.3 Å². The Balaban J connectivity index is 1.45. The Morgan fingerprint density at radius 1 is 1.27 bits per heavy atom. The largest absolute Gasteiger partial charge is 0.370 e. The van der Waals surface area contributed by atoms with Gasteiger partial charge in [0.15, 0.2) is 0 Å². The van der Waals surface area contributed by atoms with Gasteiger partial charge in [0.1, 0.15) is 5.51 Å². The highest BCUT2D eigenvalue weighted by Gasteiger charge is 2.41. The fraction of sp³-hybridized carbons (Fsp3) is 0.600. The predicted octanol–water partition coefficient (Wildman–Crippen LogP) is 2.47. The summed E-state index contributed by atoms with van der Waals surface area (Å²) in [6.45, 7) is 5.91. The normalized spacial score (nSPS) is 26.6. The first-order chi connectivity index (χ1) is 10.8. The van der Waals surface area contributed by atoms with Crippen molar-refractivity contribution in [2.24, 2.45) is 0 Å². The Morgan fingerprint density at radius 2 is 2.27 bits per heavy atom. The maximum Gasteiger partial charge on any atom is 0.208 e. The fourth-order valence-electron chi connectivity index (χ4n) is 3.49. The van der Waals surface area contributed by atoms with Crippen LogP contribution in [0.2, 0.25) is 0 Å². The number of ether oxygens (including phenoxy) is 1. The monoisotopic (exact) mass is 336 g/mol. The number of hydrogen-bond acceptors (Lipinski definition) is 7. The van der Waals surface area contributed by atoms with Crippen LogP contribution < -0.4 is 4.90 Å². The van der Waals surface area contributed by atoms with Crippen molar-refractivity contribution in [3.63, 3.8) is 0 Å². The van der Waals surface area contributed by atoms with Gasteiger partial charge in [0.2, 0.25) is 5.13 Å². The van der Waals surface area contributed by atoms with Gasteiger partial charge in [0.05, 0.1) is 18.8 Å². The molecule has 0 saturated carbocycles. The van der Waals surface area contributed by atoms with E-state index in [0.717, 1.165) is 57.3 Å². The smallest absolute Gasteiger partial charge is 0.208 e. The number of aromatic nitrogens is 2. The minimum Gasteiger partial charge on any atom is -0.370 e. The molecule has 0 unspecified atom stereocenters. The summed E-state index contributed by atoms with van der Waals surface area (Å²) in [6.07, 6.45) is 2.30. The van der Waals surface area contributed by atoms with Crippen LogP contribution in [0.5, 0.6) is 0 Å². The molecule has 0 amide bonds. The molecule has 0 aliphatic carbocycles. The van der Waals surface area contributed by atoms with Crippen molar-refractivity contribution in [2.45, 2.75) is 25.0 Å². The first kappa shape index (κ1) is 14.6. The maximum atomic E-state index is 6.26. The molecule has 2 aliphatic heterocycles. The van der Waals surface area contributed by atoms with E-state index >= 15 is 0 Å². The highest BCUT2D eigenvalue weighted by molar-refractivity contribution is 7.13. The van der Waals surface area contributed by atoms with Gasteiger partial charge in [-0.15, -0.1) is 21.5 Å². The highest BCUT2D eigenvalue weighted by Crippen LogP contribution is 2.32. The van der Waals surface area contributed by atoms with E-state index < -0.39 is 0 Å². The van der Waals surface area contributed by atoms with E-state index in [-0.39, 0.29) is 5.60 Å². The summed E-state index contributed by atoms with van der Waals surface area (Å²) in [4.78, 5) is 6.32.